The number of fused-ring (bicyclic) bond motifs is 1. The van der Waals surface area contributed by atoms with E-state index < -0.39 is 0 Å². The Hall–Kier alpha value is -3.66. The monoisotopic (exact) mass is 368 g/mol. The molecule has 0 aliphatic carbocycles. The lowest BCUT2D eigenvalue weighted by Crippen LogP contribution is -2.33. The van der Waals surface area contributed by atoms with Crippen LogP contribution in [0, 0.1) is 0 Å². The fraction of sp³-hybridized carbons (Fsp3) is 0.0833. The highest BCUT2D eigenvalue weighted by Gasteiger charge is 2.19. The van der Waals surface area contributed by atoms with E-state index in [1.807, 2.05) is 72.8 Å². The summed E-state index contributed by atoms with van der Waals surface area (Å²) in [6.45, 7) is 0. The Kier molecular flexibility index (Phi) is 5.02. The Balaban J connectivity index is 1.66. The first-order valence-electron chi connectivity index (χ1n) is 9.22. The molecule has 1 aromatic heterocycles. The quantitative estimate of drug-likeness (QED) is 0.553. The summed E-state index contributed by atoms with van der Waals surface area (Å²) in [7, 11) is 0. The minimum atomic E-state index is -0.378. The van der Waals surface area contributed by atoms with Gasteiger partial charge in [-0.25, -0.2) is 0 Å². The molecule has 4 heteroatoms. The number of carbonyl (C=O) groups excluding carboxylic acids is 1. The molecule has 2 N–H and O–H groups in total. The summed E-state index contributed by atoms with van der Waals surface area (Å²) in [5.74, 6) is -0.378. The summed E-state index contributed by atoms with van der Waals surface area (Å²) in [5, 5.41) is 3.55. The number of hydrogen-bond acceptors (Lipinski definition) is 2. The van der Waals surface area contributed by atoms with E-state index >= 15 is 0 Å². The Labute approximate surface area is 162 Å². The van der Waals surface area contributed by atoms with Crippen molar-refractivity contribution in [2.75, 3.05) is 0 Å². The van der Waals surface area contributed by atoms with Gasteiger partial charge in [0, 0.05) is 17.1 Å². The number of amides is 1. The highest BCUT2D eigenvalue weighted by molar-refractivity contribution is 5.97. The van der Waals surface area contributed by atoms with E-state index in [2.05, 4.69) is 10.3 Å². The summed E-state index contributed by atoms with van der Waals surface area (Å²) in [6, 6.07) is 26.8. The van der Waals surface area contributed by atoms with Crippen LogP contribution in [0.4, 0.5) is 0 Å². The van der Waals surface area contributed by atoms with Crippen LogP contribution >= 0.6 is 0 Å². The van der Waals surface area contributed by atoms with Crippen LogP contribution in [-0.2, 0) is 6.42 Å². The largest absolute Gasteiger partial charge is 0.360 e. The minimum Gasteiger partial charge on any atom is -0.360 e. The van der Waals surface area contributed by atoms with Crippen LogP contribution < -0.4 is 10.7 Å². The number of carbonyl (C=O) groups is 1. The molecule has 0 saturated heterocycles. The molecule has 4 nitrogen and oxygen atoms in total. The Bertz CT molecular complexity index is 1150. The van der Waals surface area contributed by atoms with Crippen molar-refractivity contribution in [2.24, 2.45) is 0 Å². The van der Waals surface area contributed by atoms with Crippen molar-refractivity contribution in [3.05, 3.63) is 118 Å². The van der Waals surface area contributed by atoms with Crippen LogP contribution in [0.2, 0.25) is 0 Å². The van der Waals surface area contributed by atoms with Gasteiger partial charge in [0.05, 0.1) is 6.04 Å². The van der Waals surface area contributed by atoms with Crippen LogP contribution in [0.25, 0.3) is 10.9 Å². The first-order chi connectivity index (χ1) is 13.7. The molecular formula is C24H20N2O2. The second kappa shape index (κ2) is 7.92. The van der Waals surface area contributed by atoms with E-state index in [1.54, 1.807) is 12.1 Å². The molecule has 138 valence electrons. The number of aromatic nitrogens is 1. The van der Waals surface area contributed by atoms with E-state index in [0.29, 0.717) is 17.3 Å². The van der Waals surface area contributed by atoms with E-state index in [0.717, 1.165) is 11.1 Å². The van der Waals surface area contributed by atoms with E-state index in [1.165, 1.54) is 6.20 Å². The standard InChI is InChI=1S/C24H20N2O2/c27-23-19-13-7-8-14-21(19)25-16-20(23)24(28)26-22(18-11-5-2-6-12-18)15-17-9-3-1-4-10-17/h1-14,16,22H,15H2,(H,25,27)(H,26,28). The number of hydrogen-bond donors (Lipinski definition) is 2. The molecule has 0 radical (unpaired) electrons. The third kappa shape index (κ3) is 3.71. The highest BCUT2D eigenvalue weighted by atomic mass is 16.2. The molecule has 0 saturated carbocycles. The van der Waals surface area contributed by atoms with Crippen molar-refractivity contribution < 1.29 is 4.79 Å². The summed E-state index contributed by atoms with van der Waals surface area (Å²) in [6.07, 6.45) is 2.13. The molecule has 0 aliphatic rings. The summed E-state index contributed by atoms with van der Waals surface area (Å²) < 4.78 is 0. The van der Waals surface area contributed by atoms with E-state index in [-0.39, 0.29) is 22.9 Å². The fourth-order valence-electron chi connectivity index (χ4n) is 3.36. The zero-order valence-corrected chi connectivity index (χ0v) is 15.3. The van der Waals surface area contributed by atoms with E-state index in [4.69, 9.17) is 0 Å². The SMILES string of the molecule is O=C(NC(Cc1ccccc1)c1ccccc1)c1c[nH]c2ccccc2c1=O. The Morgan fingerprint density at radius 2 is 1.50 bits per heavy atom. The van der Waals surface area contributed by atoms with Crippen molar-refractivity contribution in [1.29, 1.82) is 0 Å². The topological polar surface area (TPSA) is 62.0 Å². The molecule has 1 heterocycles. The van der Waals surface area contributed by atoms with Crippen LogP contribution in [-0.4, -0.2) is 10.9 Å². The van der Waals surface area contributed by atoms with Gasteiger partial charge in [0.2, 0.25) is 5.43 Å². The average molecular weight is 368 g/mol. The summed E-state index contributed by atoms with van der Waals surface area (Å²) >= 11 is 0. The number of nitrogens with one attached hydrogen (secondary N) is 2. The minimum absolute atomic E-state index is 0.118. The number of rotatable bonds is 5. The molecule has 4 rings (SSSR count). The van der Waals surface area contributed by atoms with Gasteiger partial charge in [-0.2, -0.15) is 0 Å². The van der Waals surface area contributed by atoms with Crippen LogP contribution in [0.5, 0.6) is 0 Å². The Morgan fingerprint density at radius 3 is 2.25 bits per heavy atom. The van der Waals surface area contributed by atoms with Gasteiger partial charge in [-0.3, -0.25) is 9.59 Å². The number of aromatic amines is 1. The van der Waals surface area contributed by atoms with Crippen molar-refractivity contribution >= 4 is 16.8 Å². The molecule has 0 aliphatic heterocycles. The maximum Gasteiger partial charge on any atom is 0.257 e. The van der Waals surface area contributed by atoms with Crippen LogP contribution in [0.3, 0.4) is 0 Å². The zero-order chi connectivity index (χ0) is 19.3. The molecule has 4 aromatic rings. The molecule has 3 aromatic carbocycles. The van der Waals surface area contributed by atoms with Gasteiger partial charge < -0.3 is 10.3 Å². The predicted octanol–water partition coefficient (Wildman–Crippen LogP) is 4.24. The lowest BCUT2D eigenvalue weighted by Gasteiger charge is -2.19. The lowest BCUT2D eigenvalue weighted by atomic mass is 9.98. The molecule has 1 unspecified atom stereocenters. The highest BCUT2D eigenvalue weighted by Crippen LogP contribution is 2.19. The Morgan fingerprint density at radius 1 is 0.857 bits per heavy atom. The average Bonchev–Trinajstić information content (AvgIpc) is 2.75. The second-order valence-corrected chi connectivity index (χ2v) is 6.70. The van der Waals surface area contributed by atoms with Gasteiger partial charge in [0.1, 0.15) is 5.56 Å². The van der Waals surface area contributed by atoms with Crippen LogP contribution in [0.1, 0.15) is 27.5 Å². The van der Waals surface area contributed by atoms with Crippen molar-refractivity contribution in [3.63, 3.8) is 0 Å². The van der Waals surface area contributed by atoms with Gasteiger partial charge in [0.15, 0.2) is 0 Å². The van der Waals surface area contributed by atoms with Crippen LogP contribution in [0.15, 0.2) is 95.9 Å². The van der Waals surface area contributed by atoms with Gasteiger partial charge in [-0.05, 0) is 29.7 Å². The first-order valence-corrected chi connectivity index (χ1v) is 9.22. The maximum absolute atomic E-state index is 13.0. The van der Waals surface area contributed by atoms with Gasteiger partial charge >= 0.3 is 0 Å². The third-order valence-corrected chi connectivity index (χ3v) is 4.82. The molecule has 1 amide bonds. The van der Waals surface area contributed by atoms with Crippen molar-refractivity contribution in [2.45, 2.75) is 12.5 Å². The van der Waals surface area contributed by atoms with Crippen molar-refractivity contribution in [3.8, 4) is 0 Å². The summed E-state index contributed by atoms with van der Waals surface area (Å²) in [5.41, 5.74) is 2.68. The smallest absolute Gasteiger partial charge is 0.257 e. The molecule has 0 spiro atoms. The molecule has 0 bridgehead atoms. The molecular weight excluding hydrogens is 348 g/mol. The van der Waals surface area contributed by atoms with Gasteiger partial charge in [-0.1, -0.05) is 72.8 Å². The molecule has 0 fully saturated rings. The number of pyridine rings is 1. The zero-order valence-electron chi connectivity index (χ0n) is 15.3. The van der Waals surface area contributed by atoms with E-state index in [9.17, 15) is 9.59 Å². The third-order valence-electron chi connectivity index (χ3n) is 4.82. The summed E-state index contributed by atoms with van der Waals surface area (Å²) in [4.78, 5) is 28.8. The lowest BCUT2D eigenvalue weighted by molar-refractivity contribution is 0.0935. The second-order valence-electron chi connectivity index (χ2n) is 6.70. The van der Waals surface area contributed by atoms with Gasteiger partial charge in [-0.15, -0.1) is 0 Å². The number of benzene rings is 3. The van der Waals surface area contributed by atoms with Crippen molar-refractivity contribution in [1.82, 2.24) is 10.3 Å². The first kappa shape index (κ1) is 17.7. The number of H-pyrrole nitrogens is 1. The maximum atomic E-state index is 13.0. The normalized spacial score (nSPS) is 11.9. The molecule has 28 heavy (non-hydrogen) atoms. The fourth-order valence-corrected chi connectivity index (χ4v) is 3.36. The molecule has 1 atom stereocenters. The predicted molar refractivity (Wildman–Crippen MR) is 111 cm³/mol. The number of para-hydroxylation sites is 1. The van der Waals surface area contributed by atoms with Gasteiger partial charge in [0.25, 0.3) is 5.91 Å².